The van der Waals surface area contributed by atoms with E-state index in [1.807, 2.05) is 0 Å². The van der Waals surface area contributed by atoms with Crippen molar-refractivity contribution in [3.05, 3.63) is 35.1 Å². The van der Waals surface area contributed by atoms with Crippen molar-refractivity contribution >= 4 is 0 Å². The third-order valence-corrected chi connectivity index (χ3v) is 3.99. The number of alkyl halides is 3. The summed E-state index contributed by atoms with van der Waals surface area (Å²) in [6.45, 7) is 1.86. The summed E-state index contributed by atoms with van der Waals surface area (Å²) in [4.78, 5) is 1.34. The lowest BCUT2D eigenvalue weighted by atomic mass is 10.1. The fraction of sp³-hybridized carbons (Fsp3) is 0.600. The van der Waals surface area contributed by atoms with Gasteiger partial charge in [-0.2, -0.15) is 13.2 Å². The van der Waals surface area contributed by atoms with Crippen LogP contribution in [0.1, 0.15) is 24.9 Å². The highest BCUT2D eigenvalue weighted by atomic mass is 19.4. The predicted molar refractivity (Wildman–Crippen MR) is 73.3 cm³/mol. The number of hydrogen-bond donors (Lipinski definition) is 1. The summed E-state index contributed by atoms with van der Waals surface area (Å²) in [6.07, 6.45) is -3.58. The minimum Gasteiger partial charge on any atom is -0.310 e. The van der Waals surface area contributed by atoms with Crippen molar-refractivity contribution < 1.29 is 26.3 Å². The molecule has 23 heavy (non-hydrogen) atoms. The summed E-state index contributed by atoms with van der Waals surface area (Å²) in [5.41, 5.74) is 0.256. The van der Waals surface area contributed by atoms with Crippen molar-refractivity contribution in [1.82, 2.24) is 10.2 Å². The molecule has 1 aromatic rings. The molecule has 0 aromatic heterocycles. The van der Waals surface area contributed by atoms with E-state index in [-0.39, 0.29) is 11.5 Å². The van der Waals surface area contributed by atoms with Gasteiger partial charge in [-0.05, 0) is 50.0 Å². The summed E-state index contributed by atoms with van der Waals surface area (Å²) in [7, 11) is 0. The van der Waals surface area contributed by atoms with Crippen LogP contribution < -0.4 is 5.32 Å². The molecular weight excluding hydrogens is 322 g/mol. The average molecular weight is 340 g/mol. The summed E-state index contributed by atoms with van der Waals surface area (Å²) in [5.74, 6) is -3.99. The molecule has 0 radical (unpaired) electrons. The lowest BCUT2D eigenvalue weighted by Gasteiger charge is -2.20. The maximum atomic E-state index is 13.2. The standard InChI is InChI=1S/C15H18F6N2/c1-9(11-4-12(16)14(18)13(17)5-11)22-6-10-2-3-23(7-10)8-15(19,20)21/h4-5,9-10,22H,2-3,6-8H2,1H3/t9-,10+/m1/s1. The third-order valence-electron chi connectivity index (χ3n) is 3.99. The van der Waals surface area contributed by atoms with Gasteiger partial charge in [0.05, 0.1) is 6.54 Å². The summed E-state index contributed by atoms with van der Waals surface area (Å²) >= 11 is 0. The number of likely N-dealkylation sites (tertiary alicyclic amines) is 1. The van der Waals surface area contributed by atoms with Crippen LogP contribution in [-0.2, 0) is 0 Å². The van der Waals surface area contributed by atoms with E-state index in [9.17, 15) is 26.3 Å². The molecule has 2 nitrogen and oxygen atoms in total. The van der Waals surface area contributed by atoms with E-state index in [0.717, 1.165) is 12.1 Å². The molecule has 0 aliphatic carbocycles. The van der Waals surface area contributed by atoms with Crippen molar-refractivity contribution in [2.75, 3.05) is 26.2 Å². The van der Waals surface area contributed by atoms with Crippen LogP contribution >= 0.6 is 0 Å². The molecule has 1 fully saturated rings. The molecule has 1 saturated heterocycles. The van der Waals surface area contributed by atoms with E-state index in [1.165, 1.54) is 4.90 Å². The molecule has 0 spiro atoms. The van der Waals surface area contributed by atoms with E-state index in [4.69, 9.17) is 0 Å². The molecule has 1 aromatic carbocycles. The Morgan fingerprint density at radius 1 is 1.22 bits per heavy atom. The molecule has 2 atom stereocenters. The van der Waals surface area contributed by atoms with Crippen LogP contribution in [0.3, 0.4) is 0 Å². The van der Waals surface area contributed by atoms with E-state index in [0.29, 0.717) is 26.1 Å². The van der Waals surface area contributed by atoms with E-state index < -0.39 is 36.2 Å². The Morgan fingerprint density at radius 3 is 2.39 bits per heavy atom. The zero-order valence-corrected chi connectivity index (χ0v) is 12.6. The Kier molecular flexibility index (Phi) is 5.57. The van der Waals surface area contributed by atoms with Gasteiger partial charge in [0.1, 0.15) is 0 Å². The molecule has 8 heteroatoms. The van der Waals surface area contributed by atoms with Crippen molar-refractivity contribution in [2.24, 2.45) is 5.92 Å². The maximum Gasteiger partial charge on any atom is 0.401 e. The van der Waals surface area contributed by atoms with Gasteiger partial charge in [-0.1, -0.05) is 0 Å². The first-order valence-electron chi connectivity index (χ1n) is 7.32. The first kappa shape index (κ1) is 18.1. The predicted octanol–water partition coefficient (Wildman–Crippen LogP) is 3.64. The molecule has 0 bridgehead atoms. The second kappa shape index (κ2) is 7.09. The third kappa shape index (κ3) is 5.10. The van der Waals surface area contributed by atoms with Crippen LogP contribution in [0.2, 0.25) is 0 Å². The largest absolute Gasteiger partial charge is 0.401 e. The Morgan fingerprint density at radius 2 is 1.83 bits per heavy atom. The quantitative estimate of drug-likeness (QED) is 0.650. The summed E-state index contributed by atoms with van der Waals surface area (Å²) < 4.78 is 76.3. The highest BCUT2D eigenvalue weighted by Gasteiger charge is 2.34. The first-order chi connectivity index (χ1) is 10.7. The Bertz CT molecular complexity index is 522. The first-order valence-corrected chi connectivity index (χ1v) is 7.32. The van der Waals surface area contributed by atoms with Crippen molar-refractivity contribution in [3.8, 4) is 0 Å². The Hall–Kier alpha value is -1.28. The zero-order chi connectivity index (χ0) is 17.2. The van der Waals surface area contributed by atoms with Crippen LogP contribution in [0.15, 0.2) is 12.1 Å². The molecule has 1 N–H and O–H groups in total. The Labute approximate surface area is 130 Å². The number of benzene rings is 1. The van der Waals surface area contributed by atoms with Gasteiger partial charge in [-0.3, -0.25) is 4.90 Å². The number of halogens is 6. The molecule has 0 amide bonds. The second-order valence-electron chi connectivity index (χ2n) is 5.93. The van der Waals surface area contributed by atoms with E-state index in [1.54, 1.807) is 6.92 Å². The maximum absolute atomic E-state index is 13.2. The van der Waals surface area contributed by atoms with Gasteiger partial charge in [0, 0.05) is 12.6 Å². The monoisotopic (exact) mass is 340 g/mol. The van der Waals surface area contributed by atoms with Gasteiger partial charge in [-0.15, -0.1) is 0 Å². The van der Waals surface area contributed by atoms with E-state index in [2.05, 4.69) is 5.32 Å². The van der Waals surface area contributed by atoms with Gasteiger partial charge in [0.15, 0.2) is 17.5 Å². The molecule has 1 aliphatic rings. The molecular formula is C15H18F6N2. The lowest BCUT2D eigenvalue weighted by Crippen LogP contribution is -2.34. The van der Waals surface area contributed by atoms with Gasteiger partial charge < -0.3 is 5.32 Å². The molecule has 2 rings (SSSR count). The summed E-state index contributed by atoms with van der Waals surface area (Å²) in [6, 6.07) is 1.40. The van der Waals surface area contributed by atoms with Gasteiger partial charge in [0.25, 0.3) is 0 Å². The number of hydrogen-bond acceptors (Lipinski definition) is 2. The molecule has 0 saturated carbocycles. The summed E-state index contributed by atoms with van der Waals surface area (Å²) in [5, 5.41) is 3.03. The van der Waals surface area contributed by atoms with Gasteiger partial charge in [-0.25, -0.2) is 13.2 Å². The average Bonchev–Trinajstić information content (AvgIpc) is 2.86. The Balaban J connectivity index is 1.85. The minimum atomic E-state index is -4.21. The van der Waals surface area contributed by atoms with Crippen LogP contribution in [0.25, 0.3) is 0 Å². The van der Waals surface area contributed by atoms with Crippen molar-refractivity contribution in [1.29, 1.82) is 0 Å². The van der Waals surface area contributed by atoms with E-state index >= 15 is 0 Å². The van der Waals surface area contributed by atoms with Crippen LogP contribution in [0.5, 0.6) is 0 Å². The molecule has 130 valence electrons. The fourth-order valence-corrected chi connectivity index (χ4v) is 2.76. The number of nitrogens with zero attached hydrogens (tertiary/aromatic N) is 1. The zero-order valence-electron chi connectivity index (χ0n) is 12.6. The van der Waals surface area contributed by atoms with Crippen molar-refractivity contribution in [2.45, 2.75) is 25.6 Å². The smallest absolute Gasteiger partial charge is 0.310 e. The topological polar surface area (TPSA) is 15.3 Å². The molecule has 1 heterocycles. The van der Waals surface area contributed by atoms with Crippen LogP contribution in [0, 0.1) is 23.4 Å². The highest BCUT2D eigenvalue weighted by Crippen LogP contribution is 2.24. The normalized spacial score (nSPS) is 20.9. The number of nitrogens with one attached hydrogen (secondary N) is 1. The van der Waals surface area contributed by atoms with Crippen LogP contribution in [-0.4, -0.2) is 37.3 Å². The van der Waals surface area contributed by atoms with Gasteiger partial charge in [0.2, 0.25) is 0 Å². The van der Waals surface area contributed by atoms with Gasteiger partial charge >= 0.3 is 6.18 Å². The minimum absolute atomic E-state index is 0.0370. The van der Waals surface area contributed by atoms with Crippen molar-refractivity contribution in [3.63, 3.8) is 0 Å². The molecule has 1 aliphatic heterocycles. The second-order valence-corrected chi connectivity index (χ2v) is 5.93. The molecule has 0 unspecified atom stereocenters. The highest BCUT2D eigenvalue weighted by molar-refractivity contribution is 5.22. The lowest BCUT2D eigenvalue weighted by molar-refractivity contribution is -0.143. The fourth-order valence-electron chi connectivity index (χ4n) is 2.76. The number of rotatable bonds is 5. The SMILES string of the molecule is C[C@@H](NC[C@@H]1CCN(CC(F)(F)F)C1)c1cc(F)c(F)c(F)c1. The van der Waals surface area contributed by atoms with Crippen LogP contribution in [0.4, 0.5) is 26.3 Å².